The average molecular weight is 196 g/mol. The highest BCUT2D eigenvalue weighted by atomic mass is 16.2. The molecule has 0 aliphatic carbocycles. The van der Waals surface area contributed by atoms with E-state index in [4.69, 9.17) is 5.11 Å². The van der Waals surface area contributed by atoms with Crippen LogP contribution in [0.25, 0.3) is 0 Å². The molecule has 0 atom stereocenters. The van der Waals surface area contributed by atoms with Crippen LogP contribution in [0, 0.1) is 0 Å². The van der Waals surface area contributed by atoms with Crippen molar-refractivity contribution in [1.29, 1.82) is 0 Å². The Kier molecular flexibility index (Phi) is 5.30. The quantitative estimate of drug-likeness (QED) is 0.677. The molecule has 0 bridgehead atoms. The zero-order chi connectivity index (χ0) is 10.2. The number of aryl methyl sites for hydroxylation is 2. The number of nitrogens with zero attached hydrogens (tertiary/aromatic N) is 2. The first kappa shape index (κ1) is 11.2. The highest BCUT2D eigenvalue weighted by Gasteiger charge is 2.00. The fourth-order valence-corrected chi connectivity index (χ4v) is 1.57. The van der Waals surface area contributed by atoms with Crippen LogP contribution in [0.3, 0.4) is 0 Å². The smallest absolute Gasteiger partial charge is 0.108 e. The lowest BCUT2D eigenvalue weighted by molar-refractivity contribution is 0.281. The molecular formula is C11H20N2O. The molecule has 0 unspecified atom stereocenters. The van der Waals surface area contributed by atoms with Crippen molar-refractivity contribution in [2.75, 3.05) is 6.61 Å². The third kappa shape index (κ3) is 3.50. The van der Waals surface area contributed by atoms with Crippen LogP contribution in [0.15, 0.2) is 12.4 Å². The van der Waals surface area contributed by atoms with Gasteiger partial charge in [-0.2, -0.15) is 0 Å². The van der Waals surface area contributed by atoms with E-state index >= 15 is 0 Å². The van der Waals surface area contributed by atoms with Crippen molar-refractivity contribution >= 4 is 0 Å². The van der Waals surface area contributed by atoms with Crippen molar-refractivity contribution in [3.8, 4) is 0 Å². The SMILES string of the molecule is CCCc1nccn1CCCCCO. The highest BCUT2D eigenvalue weighted by molar-refractivity contribution is 4.92. The number of hydrogen-bond acceptors (Lipinski definition) is 2. The largest absolute Gasteiger partial charge is 0.396 e. The summed E-state index contributed by atoms with van der Waals surface area (Å²) in [7, 11) is 0. The van der Waals surface area contributed by atoms with Gasteiger partial charge in [-0.1, -0.05) is 6.92 Å². The molecule has 0 spiro atoms. The van der Waals surface area contributed by atoms with Crippen LogP contribution in [-0.2, 0) is 13.0 Å². The van der Waals surface area contributed by atoms with Gasteiger partial charge in [0.1, 0.15) is 5.82 Å². The predicted molar refractivity (Wildman–Crippen MR) is 57.2 cm³/mol. The van der Waals surface area contributed by atoms with E-state index in [1.165, 1.54) is 5.82 Å². The van der Waals surface area contributed by atoms with Gasteiger partial charge in [-0.15, -0.1) is 0 Å². The highest BCUT2D eigenvalue weighted by Crippen LogP contribution is 2.04. The lowest BCUT2D eigenvalue weighted by Gasteiger charge is -2.06. The van der Waals surface area contributed by atoms with E-state index in [1.54, 1.807) is 0 Å². The third-order valence-corrected chi connectivity index (χ3v) is 2.33. The molecular weight excluding hydrogens is 176 g/mol. The molecule has 3 heteroatoms. The second kappa shape index (κ2) is 6.60. The minimum Gasteiger partial charge on any atom is -0.396 e. The Morgan fingerprint density at radius 1 is 1.36 bits per heavy atom. The lowest BCUT2D eigenvalue weighted by atomic mass is 10.2. The van der Waals surface area contributed by atoms with Crippen molar-refractivity contribution in [2.24, 2.45) is 0 Å². The van der Waals surface area contributed by atoms with Crippen LogP contribution in [0.5, 0.6) is 0 Å². The zero-order valence-electron chi connectivity index (χ0n) is 8.95. The maximum Gasteiger partial charge on any atom is 0.108 e. The maximum atomic E-state index is 8.64. The molecule has 1 aromatic heterocycles. The molecule has 0 fully saturated rings. The van der Waals surface area contributed by atoms with Gasteiger partial charge >= 0.3 is 0 Å². The Morgan fingerprint density at radius 3 is 2.93 bits per heavy atom. The summed E-state index contributed by atoms with van der Waals surface area (Å²) in [5, 5.41) is 8.64. The van der Waals surface area contributed by atoms with Crippen LogP contribution in [0.2, 0.25) is 0 Å². The Bertz CT molecular complexity index is 245. The molecule has 0 aliphatic rings. The minimum atomic E-state index is 0.311. The summed E-state index contributed by atoms with van der Waals surface area (Å²) in [6.07, 6.45) is 9.27. The molecule has 1 rings (SSSR count). The molecule has 1 heterocycles. The van der Waals surface area contributed by atoms with E-state index in [1.807, 2.05) is 12.4 Å². The third-order valence-electron chi connectivity index (χ3n) is 2.33. The fraction of sp³-hybridized carbons (Fsp3) is 0.727. The summed E-state index contributed by atoms with van der Waals surface area (Å²) in [4.78, 5) is 4.32. The van der Waals surface area contributed by atoms with Crippen molar-refractivity contribution in [1.82, 2.24) is 9.55 Å². The van der Waals surface area contributed by atoms with Gasteiger partial charge in [0.2, 0.25) is 0 Å². The number of rotatable bonds is 7. The summed E-state index contributed by atoms with van der Waals surface area (Å²) in [5.74, 6) is 1.19. The second-order valence-corrected chi connectivity index (χ2v) is 3.57. The van der Waals surface area contributed by atoms with E-state index in [0.717, 1.165) is 38.6 Å². The Labute approximate surface area is 85.8 Å². The van der Waals surface area contributed by atoms with Crippen molar-refractivity contribution in [3.05, 3.63) is 18.2 Å². The molecule has 0 aromatic carbocycles. The van der Waals surface area contributed by atoms with Gasteiger partial charge in [-0.3, -0.25) is 0 Å². The summed E-state index contributed by atoms with van der Waals surface area (Å²) in [6, 6.07) is 0. The van der Waals surface area contributed by atoms with Crippen LogP contribution < -0.4 is 0 Å². The first-order valence-corrected chi connectivity index (χ1v) is 5.49. The second-order valence-electron chi connectivity index (χ2n) is 3.57. The molecule has 1 N–H and O–H groups in total. The molecule has 14 heavy (non-hydrogen) atoms. The van der Waals surface area contributed by atoms with E-state index in [9.17, 15) is 0 Å². The zero-order valence-corrected chi connectivity index (χ0v) is 8.95. The number of aliphatic hydroxyl groups is 1. The minimum absolute atomic E-state index is 0.311. The van der Waals surface area contributed by atoms with Gasteiger partial charge in [0.15, 0.2) is 0 Å². The van der Waals surface area contributed by atoms with Gasteiger partial charge in [-0.05, 0) is 25.7 Å². The summed E-state index contributed by atoms with van der Waals surface area (Å²) < 4.78 is 2.22. The summed E-state index contributed by atoms with van der Waals surface area (Å²) in [5.41, 5.74) is 0. The number of imidazole rings is 1. The van der Waals surface area contributed by atoms with E-state index < -0.39 is 0 Å². The van der Waals surface area contributed by atoms with Crippen LogP contribution >= 0.6 is 0 Å². The summed E-state index contributed by atoms with van der Waals surface area (Å²) in [6.45, 7) is 3.52. The normalized spacial score (nSPS) is 10.7. The molecule has 0 amide bonds. The molecule has 0 saturated heterocycles. The van der Waals surface area contributed by atoms with Crippen LogP contribution in [-0.4, -0.2) is 21.3 Å². The molecule has 1 aromatic rings. The van der Waals surface area contributed by atoms with Crippen LogP contribution in [0.1, 0.15) is 38.4 Å². The predicted octanol–water partition coefficient (Wildman–Crippen LogP) is 2.00. The number of aromatic nitrogens is 2. The molecule has 0 aliphatic heterocycles. The Hall–Kier alpha value is -0.830. The number of aliphatic hydroxyl groups excluding tert-OH is 1. The molecule has 80 valence electrons. The monoisotopic (exact) mass is 196 g/mol. The topological polar surface area (TPSA) is 38.0 Å². The van der Waals surface area contributed by atoms with E-state index in [2.05, 4.69) is 16.5 Å². The van der Waals surface area contributed by atoms with Gasteiger partial charge in [0.25, 0.3) is 0 Å². The standard InChI is InChI=1S/C11H20N2O/c1-2-6-11-12-7-9-13(11)8-4-3-5-10-14/h7,9,14H,2-6,8,10H2,1H3. The van der Waals surface area contributed by atoms with E-state index in [-0.39, 0.29) is 0 Å². The van der Waals surface area contributed by atoms with Gasteiger partial charge in [-0.25, -0.2) is 4.98 Å². The lowest BCUT2D eigenvalue weighted by Crippen LogP contribution is -2.03. The van der Waals surface area contributed by atoms with Gasteiger partial charge in [0, 0.05) is 32.0 Å². The molecule has 0 saturated carbocycles. The van der Waals surface area contributed by atoms with Crippen molar-refractivity contribution in [2.45, 2.75) is 45.6 Å². The molecule has 0 radical (unpaired) electrons. The Balaban J connectivity index is 2.30. The van der Waals surface area contributed by atoms with Crippen LogP contribution in [0.4, 0.5) is 0 Å². The van der Waals surface area contributed by atoms with Crippen molar-refractivity contribution in [3.63, 3.8) is 0 Å². The van der Waals surface area contributed by atoms with E-state index in [0.29, 0.717) is 6.61 Å². The van der Waals surface area contributed by atoms with Gasteiger partial charge in [0.05, 0.1) is 0 Å². The Morgan fingerprint density at radius 2 is 2.21 bits per heavy atom. The molecule has 3 nitrogen and oxygen atoms in total. The fourth-order valence-electron chi connectivity index (χ4n) is 1.57. The summed E-state index contributed by atoms with van der Waals surface area (Å²) >= 11 is 0. The maximum absolute atomic E-state index is 8.64. The number of unbranched alkanes of at least 4 members (excludes halogenated alkanes) is 2. The van der Waals surface area contributed by atoms with Gasteiger partial charge < -0.3 is 9.67 Å². The number of hydrogen-bond donors (Lipinski definition) is 1. The first-order chi connectivity index (χ1) is 6.88. The average Bonchev–Trinajstić information content (AvgIpc) is 2.61. The van der Waals surface area contributed by atoms with Crippen molar-refractivity contribution < 1.29 is 5.11 Å². The first-order valence-electron chi connectivity index (χ1n) is 5.49.